The van der Waals surface area contributed by atoms with E-state index in [1.807, 2.05) is 0 Å². The summed E-state index contributed by atoms with van der Waals surface area (Å²) < 4.78 is 0. The van der Waals surface area contributed by atoms with Crippen LogP contribution in [0, 0.1) is 11.8 Å². The lowest BCUT2D eigenvalue weighted by Crippen LogP contribution is -2.60. The minimum atomic E-state index is 0.342. The first-order chi connectivity index (χ1) is 10.2. The molecule has 122 valence electrons. The van der Waals surface area contributed by atoms with E-state index in [0.717, 1.165) is 18.4 Å². The Labute approximate surface area is 130 Å². The standard InChI is InChI=1S/C17H34N4/c1-12-4-2-5-14(18)16-10-13(7-9-19-16)17-15(21-11-12)6-3-8-20-17/h12-17,19-21H,2-11,18H2,1H3/t12-,13?,14+,15?,16?,17?/m1/s1. The Bertz CT molecular complexity index is 322. The molecule has 0 saturated carbocycles. The molecule has 0 amide bonds. The van der Waals surface area contributed by atoms with E-state index in [4.69, 9.17) is 5.73 Å². The lowest BCUT2D eigenvalue weighted by Gasteiger charge is -2.44. The normalized spacial score (nSPS) is 46.0. The second-order valence-electron chi connectivity index (χ2n) is 7.68. The van der Waals surface area contributed by atoms with Crippen molar-refractivity contribution in [2.24, 2.45) is 17.6 Å². The number of nitrogens with two attached hydrogens (primary N) is 1. The maximum Gasteiger partial charge on any atom is 0.0250 e. The van der Waals surface area contributed by atoms with Crippen LogP contribution in [0.3, 0.4) is 0 Å². The van der Waals surface area contributed by atoms with Crippen molar-refractivity contribution >= 4 is 0 Å². The van der Waals surface area contributed by atoms with Gasteiger partial charge in [-0.05, 0) is 70.0 Å². The topological polar surface area (TPSA) is 62.1 Å². The third-order valence-corrected chi connectivity index (χ3v) is 5.97. The summed E-state index contributed by atoms with van der Waals surface area (Å²) in [6, 6.07) is 2.19. The molecule has 3 fully saturated rings. The molecule has 6 atom stereocenters. The molecule has 4 nitrogen and oxygen atoms in total. The van der Waals surface area contributed by atoms with Gasteiger partial charge in [0, 0.05) is 24.2 Å². The first kappa shape index (κ1) is 15.7. The predicted molar refractivity (Wildman–Crippen MR) is 88.3 cm³/mol. The van der Waals surface area contributed by atoms with E-state index in [1.165, 1.54) is 58.0 Å². The highest BCUT2D eigenvalue weighted by Crippen LogP contribution is 2.28. The molecule has 4 unspecified atom stereocenters. The quantitative estimate of drug-likeness (QED) is 0.542. The number of piperidine rings is 2. The van der Waals surface area contributed by atoms with Crippen molar-refractivity contribution in [3.8, 4) is 0 Å². The van der Waals surface area contributed by atoms with E-state index in [9.17, 15) is 0 Å². The van der Waals surface area contributed by atoms with Crippen molar-refractivity contribution in [2.75, 3.05) is 19.6 Å². The van der Waals surface area contributed by atoms with Gasteiger partial charge in [0.25, 0.3) is 0 Å². The third kappa shape index (κ3) is 3.98. The van der Waals surface area contributed by atoms with E-state index >= 15 is 0 Å². The third-order valence-electron chi connectivity index (χ3n) is 5.97. The largest absolute Gasteiger partial charge is 0.326 e. The Balaban J connectivity index is 1.72. The van der Waals surface area contributed by atoms with Crippen LogP contribution in [0.25, 0.3) is 0 Å². The Hall–Kier alpha value is -0.160. The average molecular weight is 294 g/mol. The molecule has 0 aromatic rings. The maximum atomic E-state index is 6.48. The van der Waals surface area contributed by atoms with Crippen molar-refractivity contribution in [1.29, 1.82) is 0 Å². The number of hydrogen-bond donors (Lipinski definition) is 4. The van der Waals surface area contributed by atoms with Gasteiger partial charge in [0.1, 0.15) is 0 Å². The lowest BCUT2D eigenvalue weighted by atomic mass is 9.78. The fourth-order valence-electron chi connectivity index (χ4n) is 4.63. The number of nitrogens with one attached hydrogen (secondary N) is 3. The van der Waals surface area contributed by atoms with Gasteiger partial charge in [0.15, 0.2) is 0 Å². The Kier molecular flexibility index (Phi) is 5.54. The molecule has 0 radical (unpaired) electrons. The molecule has 21 heavy (non-hydrogen) atoms. The second-order valence-corrected chi connectivity index (χ2v) is 7.68. The van der Waals surface area contributed by atoms with Gasteiger partial charge in [-0.2, -0.15) is 0 Å². The number of fused-ring (bicyclic) bond motifs is 4. The Morgan fingerprint density at radius 2 is 1.76 bits per heavy atom. The molecule has 0 spiro atoms. The van der Waals surface area contributed by atoms with Crippen molar-refractivity contribution < 1.29 is 0 Å². The monoisotopic (exact) mass is 294 g/mol. The Morgan fingerprint density at radius 1 is 0.857 bits per heavy atom. The van der Waals surface area contributed by atoms with E-state index in [2.05, 4.69) is 22.9 Å². The smallest absolute Gasteiger partial charge is 0.0250 e. The minimum Gasteiger partial charge on any atom is -0.326 e. The summed E-state index contributed by atoms with van der Waals surface area (Å²) in [6.45, 7) is 5.89. The number of hydrogen-bond acceptors (Lipinski definition) is 4. The molecule has 0 aromatic heterocycles. The Morgan fingerprint density at radius 3 is 2.67 bits per heavy atom. The SMILES string of the molecule is C[C@@H]1CCC[C@H](N)C2CC(CCN2)C2NCCCC2NC1. The molecule has 3 saturated heterocycles. The molecule has 3 rings (SSSR count). The summed E-state index contributed by atoms with van der Waals surface area (Å²) >= 11 is 0. The molecular weight excluding hydrogens is 260 g/mol. The van der Waals surface area contributed by atoms with Crippen LogP contribution in [0.2, 0.25) is 0 Å². The second kappa shape index (κ2) is 7.40. The lowest BCUT2D eigenvalue weighted by molar-refractivity contribution is 0.158. The molecule has 2 bridgehead atoms. The number of rotatable bonds is 0. The first-order valence-corrected chi connectivity index (χ1v) is 9.20. The predicted octanol–water partition coefficient (Wildman–Crippen LogP) is 1.21. The molecule has 4 heteroatoms. The van der Waals surface area contributed by atoms with Gasteiger partial charge < -0.3 is 21.7 Å². The fraction of sp³-hybridized carbons (Fsp3) is 1.00. The molecule has 3 heterocycles. The summed E-state index contributed by atoms with van der Waals surface area (Å²) in [6.07, 6.45) is 8.97. The van der Waals surface area contributed by atoms with E-state index < -0.39 is 0 Å². The molecule has 0 aliphatic carbocycles. The zero-order valence-corrected chi connectivity index (χ0v) is 13.6. The summed E-state index contributed by atoms with van der Waals surface area (Å²) in [5, 5.41) is 11.4. The van der Waals surface area contributed by atoms with Crippen LogP contribution in [0.15, 0.2) is 0 Å². The van der Waals surface area contributed by atoms with E-state index in [-0.39, 0.29) is 0 Å². The van der Waals surface area contributed by atoms with Crippen LogP contribution in [0.1, 0.15) is 51.9 Å². The molecule has 0 aromatic carbocycles. The van der Waals surface area contributed by atoms with Crippen molar-refractivity contribution in [3.63, 3.8) is 0 Å². The van der Waals surface area contributed by atoms with E-state index in [0.29, 0.717) is 24.2 Å². The highest BCUT2D eigenvalue weighted by Gasteiger charge is 2.36. The molecular formula is C17H34N4. The van der Waals surface area contributed by atoms with Gasteiger partial charge in [-0.25, -0.2) is 0 Å². The van der Waals surface area contributed by atoms with Crippen LogP contribution in [0.4, 0.5) is 0 Å². The summed E-state index contributed by atoms with van der Waals surface area (Å²) in [5.74, 6) is 1.56. The van der Waals surface area contributed by atoms with Crippen LogP contribution in [0.5, 0.6) is 0 Å². The maximum absolute atomic E-state index is 6.48. The van der Waals surface area contributed by atoms with E-state index in [1.54, 1.807) is 0 Å². The summed E-state index contributed by atoms with van der Waals surface area (Å²) in [4.78, 5) is 0. The van der Waals surface area contributed by atoms with Gasteiger partial charge in [-0.3, -0.25) is 0 Å². The van der Waals surface area contributed by atoms with Gasteiger partial charge in [-0.1, -0.05) is 13.3 Å². The zero-order valence-electron chi connectivity index (χ0n) is 13.6. The fourth-order valence-corrected chi connectivity index (χ4v) is 4.63. The van der Waals surface area contributed by atoms with Gasteiger partial charge in [-0.15, -0.1) is 0 Å². The van der Waals surface area contributed by atoms with Crippen LogP contribution >= 0.6 is 0 Å². The highest BCUT2D eigenvalue weighted by atomic mass is 15.1. The van der Waals surface area contributed by atoms with Crippen LogP contribution in [-0.4, -0.2) is 43.8 Å². The average Bonchev–Trinajstić information content (AvgIpc) is 2.52. The highest BCUT2D eigenvalue weighted by molar-refractivity contribution is 4.97. The van der Waals surface area contributed by atoms with Crippen LogP contribution < -0.4 is 21.7 Å². The first-order valence-electron chi connectivity index (χ1n) is 9.20. The summed E-state index contributed by atoms with van der Waals surface area (Å²) in [5.41, 5.74) is 6.48. The van der Waals surface area contributed by atoms with Crippen LogP contribution in [-0.2, 0) is 0 Å². The molecule has 5 N–H and O–H groups in total. The zero-order chi connectivity index (χ0) is 14.7. The van der Waals surface area contributed by atoms with Crippen molar-refractivity contribution in [2.45, 2.75) is 76.0 Å². The van der Waals surface area contributed by atoms with Gasteiger partial charge in [0.05, 0.1) is 0 Å². The molecule has 3 aliphatic rings. The molecule has 3 aliphatic heterocycles. The van der Waals surface area contributed by atoms with Crippen molar-refractivity contribution in [1.82, 2.24) is 16.0 Å². The van der Waals surface area contributed by atoms with Gasteiger partial charge in [0.2, 0.25) is 0 Å². The van der Waals surface area contributed by atoms with Gasteiger partial charge >= 0.3 is 0 Å². The summed E-state index contributed by atoms with van der Waals surface area (Å²) in [7, 11) is 0. The van der Waals surface area contributed by atoms with Crippen molar-refractivity contribution in [3.05, 3.63) is 0 Å². The minimum absolute atomic E-state index is 0.342.